The van der Waals surface area contributed by atoms with E-state index in [-0.39, 0.29) is 0 Å². The van der Waals surface area contributed by atoms with Crippen LogP contribution in [0.15, 0.2) is 46.6 Å². The van der Waals surface area contributed by atoms with Crippen LogP contribution in [0.4, 0.5) is 5.69 Å². The molecule has 2 aromatic carbocycles. The van der Waals surface area contributed by atoms with Gasteiger partial charge in [-0.05, 0) is 93.5 Å². The maximum atomic E-state index is 5.31. The minimum absolute atomic E-state index is 0.694. The van der Waals surface area contributed by atoms with E-state index >= 15 is 0 Å². The van der Waals surface area contributed by atoms with E-state index in [0.29, 0.717) is 6.54 Å². The molecule has 21 heavy (non-hydrogen) atoms. The number of rotatable bonds is 4. The Labute approximate surface area is 165 Å². The molecule has 2 rings (SSSR count). The first-order valence-electron chi connectivity index (χ1n) is 5.82. The highest BCUT2D eigenvalue weighted by Gasteiger charge is 2.10. The molecule has 0 radical (unpaired) electrons. The highest BCUT2D eigenvalue weighted by atomic mass is 79.9. The van der Waals surface area contributed by atoms with Gasteiger partial charge in [0.15, 0.2) is 0 Å². The molecule has 0 fully saturated rings. The average molecular weight is 608 g/mol. The van der Waals surface area contributed by atoms with Crippen molar-refractivity contribution in [1.29, 1.82) is 0 Å². The molecule has 0 unspecified atom stereocenters. The Balaban J connectivity index is 2.21. The van der Waals surface area contributed by atoms with Gasteiger partial charge < -0.3 is 10.1 Å². The maximum Gasteiger partial charge on any atom is 0.147 e. The predicted octanol–water partition coefficient (Wildman–Crippen LogP) is 7.12. The van der Waals surface area contributed by atoms with Crippen LogP contribution in [-0.2, 0) is 6.54 Å². The van der Waals surface area contributed by atoms with Gasteiger partial charge in [-0.1, -0.05) is 15.9 Å². The summed E-state index contributed by atoms with van der Waals surface area (Å²) < 4.78 is 10.2. The number of halogens is 5. The highest BCUT2D eigenvalue weighted by Crippen LogP contribution is 2.36. The van der Waals surface area contributed by atoms with Gasteiger partial charge in [-0.3, -0.25) is 0 Å². The van der Waals surface area contributed by atoms with Crippen LogP contribution in [0.2, 0.25) is 0 Å². The summed E-state index contributed by atoms with van der Waals surface area (Å²) in [5.41, 5.74) is 2.15. The topological polar surface area (TPSA) is 21.3 Å². The molecule has 7 heteroatoms. The predicted molar refractivity (Wildman–Crippen MR) is 105 cm³/mol. The second-order valence-electron chi connectivity index (χ2n) is 4.19. The fraction of sp³-hybridized carbons (Fsp3) is 0.143. The first-order chi connectivity index (χ1) is 9.92. The van der Waals surface area contributed by atoms with E-state index in [1.807, 2.05) is 24.3 Å². The molecule has 112 valence electrons. The third-order valence-electron chi connectivity index (χ3n) is 2.74. The van der Waals surface area contributed by atoms with Crippen molar-refractivity contribution in [3.63, 3.8) is 0 Å². The van der Waals surface area contributed by atoms with E-state index in [2.05, 4.69) is 85.0 Å². The average Bonchev–Trinajstić information content (AvgIpc) is 2.37. The molecule has 0 aliphatic carbocycles. The molecule has 0 amide bonds. The first-order valence-corrected chi connectivity index (χ1v) is 9.79. The Hall–Kier alpha value is 0.440. The number of nitrogens with one attached hydrogen (secondary N) is 1. The van der Waals surface area contributed by atoms with E-state index in [1.165, 1.54) is 0 Å². The summed E-state index contributed by atoms with van der Waals surface area (Å²) in [6, 6.07) is 8.09. The van der Waals surface area contributed by atoms with Crippen molar-refractivity contribution in [3.05, 3.63) is 52.2 Å². The van der Waals surface area contributed by atoms with Crippen LogP contribution in [0.1, 0.15) is 5.56 Å². The molecule has 0 aromatic heterocycles. The van der Waals surface area contributed by atoms with Crippen LogP contribution >= 0.6 is 79.6 Å². The van der Waals surface area contributed by atoms with Crippen LogP contribution in [-0.4, -0.2) is 7.11 Å². The Bertz CT molecular complexity index is 628. The number of anilines is 1. The number of benzene rings is 2. The van der Waals surface area contributed by atoms with Crippen molar-refractivity contribution in [2.75, 3.05) is 12.4 Å². The van der Waals surface area contributed by atoms with E-state index in [4.69, 9.17) is 4.74 Å². The van der Waals surface area contributed by atoms with E-state index in [1.54, 1.807) is 7.11 Å². The lowest BCUT2D eigenvalue weighted by Crippen LogP contribution is -2.02. The number of hydrogen-bond donors (Lipinski definition) is 1. The van der Waals surface area contributed by atoms with E-state index in [0.717, 1.165) is 39.4 Å². The van der Waals surface area contributed by atoms with Gasteiger partial charge in [0.05, 0.1) is 21.7 Å². The van der Waals surface area contributed by atoms with Crippen molar-refractivity contribution in [2.45, 2.75) is 6.54 Å². The lowest BCUT2D eigenvalue weighted by atomic mass is 10.2. The molecule has 0 spiro atoms. The van der Waals surface area contributed by atoms with Gasteiger partial charge in [-0.2, -0.15) is 0 Å². The third-order valence-corrected chi connectivity index (χ3v) is 5.63. The van der Waals surface area contributed by atoms with E-state index < -0.39 is 0 Å². The Morgan fingerprint density at radius 1 is 0.857 bits per heavy atom. The summed E-state index contributed by atoms with van der Waals surface area (Å²) in [4.78, 5) is 0. The largest absolute Gasteiger partial charge is 0.494 e. The van der Waals surface area contributed by atoms with Crippen molar-refractivity contribution in [1.82, 2.24) is 0 Å². The Morgan fingerprint density at radius 2 is 1.38 bits per heavy atom. The smallest absolute Gasteiger partial charge is 0.147 e. The summed E-state index contributed by atoms with van der Waals surface area (Å²) in [5, 5.41) is 3.42. The summed E-state index contributed by atoms with van der Waals surface area (Å²) in [5.74, 6) is 0.796. The molecular weight excluding hydrogens is 598 g/mol. The fourth-order valence-electron chi connectivity index (χ4n) is 1.81. The Morgan fingerprint density at radius 3 is 1.86 bits per heavy atom. The lowest BCUT2D eigenvalue weighted by molar-refractivity contribution is 0.409. The second kappa shape index (κ2) is 7.81. The molecule has 2 nitrogen and oxygen atoms in total. The minimum Gasteiger partial charge on any atom is -0.494 e. The zero-order valence-electron chi connectivity index (χ0n) is 10.8. The number of hydrogen-bond acceptors (Lipinski definition) is 2. The zero-order chi connectivity index (χ0) is 15.6. The molecular formula is C14H10Br5NO. The van der Waals surface area contributed by atoms with Gasteiger partial charge >= 0.3 is 0 Å². The molecule has 0 saturated carbocycles. The summed E-state index contributed by atoms with van der Waals surface area (Å²) >= 11 is 17.6. The first kappa shape index (κ1) is 17.8. The summed E-state index contributed by atoms with van der Waals surface area (Å²) in [6.45, 7) is 0.694. The molecule has 0 heterocycles. The van der Waals surface area contributed by atoms with Gasteiger partial charge in [0.2, 0.25) is 0 Å². The number of ether oxygens (including phenoxy) is 1. The van der Waals surface area contributed by atoms with Crippen LogP contribution in [0, 0.1) is 0 Å². The summed E-state index contributed by atoms with van der Waals surface area (Å²) in [6.07, 6.45) is 0. The minimum atomic E-state index is 0.694. The van der Waals surface area contributed by atoms with Crippen molar-refractivity contribution in [2.24, 2.45) is 0 Å². The van der Waals surface area contributed by atoms with Crippen LogP contribution in [0.25, 0.3) is 0 Å². The monoisotopic (exact) mass is 603 g/mol. The van der Waals surface area contributed by atoms with Crippen molar-refractivity contribution in [3.8, 4) is 5.75 Å². The fourth-order valence-corrected chi connectivity index (χ4v) is 5.96. The Kier molecular flexibility index (Phi) is 6.62. The molecule has 0 aliphatic heterocycles. The quantitative estimate of drug-likeness (QED) is 0.400. The van der Waals surface area contributed by atoms with Crippen LogP contribution in [0.3, 0.4) is 0 Å². The third kappa shape index (κ3) is 4.47. The molecule has 1 N–H and O–H groups in total. The maximum absolute atomic E-state index is 5.31. The van der Waals surface area contributed by atoms with Crippen LogP contribution in [0.5, 0.6) is 5.75 Å². The SMILES string of the molecule is COc1c(Br)cc(CNc2c(Br)cc(Br)cc2Br)cc1Br. The van der Waals surface area contributed by atoms with Gasteiger partial charge in [-0.25, -0.2) is 0 Å². The van der Waals surface area contributed by atoms with Gasteiger partial charge in [0.1, 0.15) is 5.75 Å². The van der Waals surface area contributed by atoms with Gasteiger partial charge in [0.25, 0.3) is 0 Å². The number of methoxy groups -OCH3 is 1. The summed E-state index contributed by atoms with van der Waals surface area (Å²) in [7, 11) is 1.65. The highest BCUT2D eigenvalue weighted by molar-refractivity contribution is 9.12. The zero-order valence-corrected chi connectivity index (χ0v) is 18.7. The van der Waals surface area contributed by atoms with Crippen molar-refractivity contribution >= 4 is 85.3 Å². The standard InChI is InChI=1S/C14H10Br5NO/c1-21-14-11(18)2-7(3-12(14)19)6-20-13-9(16)4-8(15)5-10(13)17/h2-5,20H,6H2,1H3. The van der Waals surface area contributed by atoms with Crippen LogP contribution < -0.4 is 10.1 Å². The van der Waals surface area contributed by atoms with Gasteiger partial charge in [0, 0.05) is 20.0 Å². The molecule has 0 atom stereocenters. The molecule has 0 aliphatic rings. The normalized spacial score (nSPS) is 10.6. The lowest BCUT2D eigenvalue weighted by Gasteiger charge is -2.13. The van der Waals surface area contributed by atoms with E-state index in [9.17, 15) is 0 Å². The molecule has 0 bridgehead atoms. The second-order valence-corrected chi connectivity index (χ2v) is 8.52. The molecule has 2 aromatic rings. The van der Waals surface area contributed by atoms with Crippen molar-refractivity contribution < 1.29 is 4.74 Å². The van der Waals surface area contributed by atoms with Gasteiger partial charge in [-0.15, -0.1) is 0 Å². The molecule has 0 saturated heterocycles.